The molecule has 1 atom stereocenters. The van der Waals surface area contributed by atoms with Crippen LogP contribution in [0.4, 0.5) is 0 Å². The molecule has 1 aromatic rings. The Labute approximate surface area is 179 Å². The molecule has 0 aromatic heterocycles. The summed E-state index contributed by atoms with van der Waals surface area (Å²) in [5.74, 6) is 0.605. The van der Waals surface area contributed by atoms with E-state index in [4.69, 9.17) is 4.74 Å². The molecule has 0 saturated heterocycles. The van der Waals surface area contributed by atoms with Crippen LogP contribution in [0.2, 0.25) is 0 Å². The van der Waals surface area contributed by atoms with Crippen molar-refractivity contribution in [1.29, 1.82) is 0 Å². The van der Waals surface area contributed by atoms with E-state index in [0.717, 1.165) is 37.7 Å². The van der Waals surface area contributed by atoms with Crippen molar-refractivity contribution >= 4 is 10.1 Å². The Kier molecular flexibility index (Phi) is 11.9. The van der Waals surface area contributed by atoms with Crippen molar-refractivity contribution < 1.29 is 17.7 Å². The number of rotatable bonds is 16. The Bertz CT molecular complexity index is 684. The molecule has 0 radical (unpaired) electrons. The van der Waals surface area contributed by atoms with Gasteiger partial charge in [0.15, 0.2) is 0 Å². The molecule has 1 aromatic carbocycles. The molecule has 0 aliphatic heterocycles. The molecular weight excluding hydrogens is 384 g/mol. The van der Waals surface area contributed by atoms with Crippen LogP contribution >= 0.6 is 0 Å². The first-order valence-corrected chi connectivity index (χ1v) is 13.0. The summed E-state index contributed by atoms with van der Waals surface area (Å²) in [6.45, 7) is 7.58. The summed E-state index contributed by atoms with van der Waals surface area (Å²) < 4.78 is 39.5. The molecule has 0 amide bonds. The maximum atomic E-state index is 11.9. The van der Waals surface area contributed by atoms with Gasteiger partial charge in [0.1, 0.15) is 5.75 Å². The molecular formula is C24H42O4S. The van der Waals surface area contributed by atoms with Gasteiger partial charge in [0.2, 0.25) is 4.93 Å². The second kappa shape index (κ2) is 13.3. The van der Waals surface area contributed by atoms with E-state index in [0.29, 0.717) is 5.75 Å². The van der Waals surface area contributed by atoms with E-state index in [1.807, 2.05) is 6.07 Å². The Morgan fingerprint density at radius 2 is 1.41 bits per heavy atom. The standard InChI is InChI=1S/C24H42O4S/c1-5-8-10-12-14-16-21-18-19-22(17-15-13-11-9-6-2)23(20-21)28-24(4,7-3)29(25,26)27/h18-20H,5-17H2,1-4H3,(H,25,26,27). The van der Waals surface area contributed by atoms with E-state index in [2.05, 4.69) is 26.0 Å². The van der Waals surface area contributed by atoms with Crippen molar-refractivity contribution in [3.63, 3.8) is 0 Å². The zero-order chi connectivity index (χ0) is 21.8. The number of unbranched alkanes of at least 4 members (excludes halogenated alkanes) is 8. The van der Waals surface area contributed by atoms with Crippen molar-refractivity contribution in [1.82, 2.24) is 0 Å². The molecule has 0 heterocycles. The molecule has 4 nitrogen and oxygen atoms in total. The van der Waals surface area contributed by atoms with Gasteiger partial charge >= 0.3 is 10.1 Å². The van der Waals surface area contributed by atoms with Gasteiger partial charge in [-0.2, -0.15) is 8.42 Å². The van der Waals surface area contributed by atoms with Crippen molar-refractivity contribution in [3.05, 3.63) is 29.3 Å². The van der Waals surface area contributed by atoms with E-state index in [1.54, 1.807) is 6.92 Å². The highest BCUT2D eigenvalue weighted by Crippen LogP contribution is 2.31. The van der Waals surface area contributed by atoms with Crippen LogP contribution in [0.15, 0.2) is 18.2 Å². The second-order valence-electron chi connectivity index (χ2n) is 8.33. The predicted octanol–water partition coefficient (Wildman–Crippen LogP) is 7.11. The third-order valence-electron chi connectivity index (χ3n) is 5.76. The van der Waals surface area contributed by atoms with Gasteiger partial charge in [0, 0.05) is 6.42 Å². The number of ether oxygens (including phenoxy) is 1. The van der Waals surface area contributed by atoms with Crippen molar-refractivity contribution in [2.24, 2.45) is 0 Å². The lowest BCUT2D eigenvalue weighted by Gasteiger charge is -2.28. The second-order valence-corrected chi connectivity index (χ2v) is 10.1. The lowest BCUT2D eigenvalue weighted by molar-refractivity contribution is 0.153. The van der Waals surface area contributed by atoms with Crippen LogP contribution in [0.25, 0.3) is 0 Å². The molecule has 5 heteroatoms. The minimum absolute atomic E-state index is 0.184. The molecule has 168 valence electrons. The van der Waals surface area contributed by atoms with E-state index < -0.39 is 15.1 Å². The van der Waals surface area contributed by atoms with Crippen molar-refractivity contribution in [2.45, 2.75) is 116 Å². The third-order valence-corrected chi connectivity index (χ3v) is 7.23. The molecule has 1 N–H and O–H groups in total. The van der Waals surface area contributed by atoms with Crippen LogP contribution in [0.3, 0.4) is 0 Å². The van der Waals surface area contributed by atoms with E-state index in [9.17, 15) is 13.0 Å². The quantitative estimate of drug-likeness (QED) is 0.226. The summed E-state index contributed by atoms with van der Waals surface area (Å²) in [7, 11) is -4.32. The van der Waals surface area contributed by atoms with Crippen LogP contribution in [-0.4, -0.2) is 17.9 Å². The van der Waals surface area contributed by atoms with Gasteiger partial charge < -0.3 is 4.74 Å². The van der Waals surface area contributed by atoms with Gasteiger partial charge in [-0.25, -0.2) is 0 Å². The summed E-state index contributed by atoms with van der Waals surface area (Å²) in [6, 6.07) is 6.21. The van der Waals surface area contributed by atoms with E-state index in [1.165, 1.54) is 57.4 Å². The SMILES string of the molecule is CCCCCCCc1ccc(CCCCCCC)c(OC(C)(CC)S(=O)(=O)O)c1. The number of aryl methyl sites for hydroxylation is 2. The zero-order valence-corrected chi connectivity index (χ0v) is 19.8. The molecule has 0 bridgehead atoms. The van der Waals surface area contributed by atoms with Gasteiger partial charge in [0.05, 0.1) is 0 Å². The van der Waals surface area contributed by atoms with Crippen LogP contribution in [0.1, 0.15) is 109 Å². The van der Waals surface area contributed by atoms with Gasteiger partial charge in [-0.15, -0.1) is 0 Å². The fourth-order valence-electron chi connectivity index (χ4n) is 3.45. The summed E-state index contributed by atoms with van der Waals surface area (Å²) >= 11 is 0. The lowest BCUT2D eigenvalue weighted by Crippen LogP contribution is -2.40. The number of hydrogen-bond acceptors (Lipinski definition) is 3. The average Bonchev–Trinajstić information content (AvgIpc) is 2.68. The predicted molar refractivity (Wildman–Crippen MR) is 122 cm³/mol. The molecule has 29 heavy (non-hydrogen) atoms. The minimum atomic E-state index is -4.32. The van der Waals surface area contributed by atoms with Crippen molar-refractivity contribution in [2.75, 3.05) is 0 Å². The Balaban J connectivity index is 2.93. The summed E-state index contributed by atoms with van der Waals surface area (Å²) in [6.07, 6.45) is 14.0. The maximum Gasteiger partial charge on any atom is 0.306 e. The van der Waals surface area contributed by atoms with Crippen LogP contribution < -0.4 is 4.74 Å². The zero-order valence-electron chi connectivity index (χ0n) is 19.0. The smallest absolute Gasteiger partial charge is 0.306 e. The van der Waals surface area contributed by atoms with Crippen LogP contribution in [0.5, 0.6) is 5.75 Å². The maximum absolute atomic E-state index is 11.9. The first kappa shape index (κ1) is 26.0. The van der Waals surface area contributed by atoms with Crippen LogP contribution in [0, 0.1) is 0 Å². The summed E-state index contributed by atoms with van der Waals surface area (Å²) in [5, 5.41) is 0. The molecule has 0 saturated carbocycles. The molecule has 0 aliphatic carbocycles. The van der Waals surface area contributed by atoms with Gasteiger partial charge in [-0.1, -0.05) is 84.3 Å². The van der Waals surface area contributed by atoms with E-state index in [-0.39, 0.29) is 6.42 Å². The van der Waals surface area contributed by atoms with Gasteiger partial charge in [-0.05, 0) is 49.8 Å². The minimum Gasteiger partial charge on any atom is -0.469 e. The summed E-state index contributed by atoms with van der Waals surface area (Å²) in [5.41, 5.74) is 2.19. The van der Waals surface area contributed by atoms with Crippen LogP contribution in [-0.2, 0) is 23.0 Å². The third kappa shape index (κ3) is 9.08. The Morgan fingerprint density at radius 3 is 1.93 bits per heavy atom. The lowest BCUT2D eigenvalue weighted by atomic mass is 10.00. The summed E-state index contributed by atoms with van der Waals surface area (Å²) in [4.78, 5) is -1.62. The first-order valence-electron chi connectivity index (χ1n) is 11.5. The molecule has 0 aliphatic rings. The number of benzene rings is 1. The Hall–Kier alpha value is -1.07. The molecule has 1 unspecified atom stereocenters. The monoisotopic (exact) mass is 426 g/mol. The van der Waals surface area contributed by atoms with Gasteiger partial charge in [-0.3, -0.25) is 4.55 Å². The average molecular weight is 427 g/mol. The molecule has 0 fully saturated rings. The molecule has 1 rings (SSSR count). The highest BCUT2D eigenvalue weighted by molar-refractivity contribution is 7.87. The fraction of sp³-hybridized carbons (Fsp3) is 0.750. The normalized spacial score (nSPS) is 14.0. The topological polar surface area (TPSA) is 63.6 Å². The highest BCUT2D eigenvalue weighted by atomic mass is 32.2. The number of hydrogen-bond donors (Lipinski definition) is 1. The fourth-order valence-corrected chi connectivity index (χ4v) is 4.01. The molecule has 0 spiro atoms. The van der Waals surface area contributed by atoms with Crippen molar-refractivity contribution in [3.8, 4) is 5.75 Å². The largest absolute Gasteiger partial charge is 0.469 e. The Morgan fingerprint density at radius 1 is 0.862 bits per heavy atom. The first-order chi connectivity index (χ1) is 13.8. The van der Waals surface area contributed by atoms with Gasteiger partial charge in [0.25, 0.3) is 0 Å². The van der Waals surface area contributed by atoms with E-state index >= 15 is 0 Å². The highest BCUT2D eigenvalue weighted by Gasteiger charge is 2.39.